The summed E-state index contributed by atoms with van der Waals surface area (Å²) < 4.78 is 55.1. The zero-order chi connectivity index (χ0) is 16.3. The van der Waals surface area contributed by atoms with Gasteiger partial charge in [0.2, 0.25) is 5.75 Å². The first kappa shape index (κ1) is 16.4. The summed E-state index contributed by atoms with van der Waals surface area (Å²) in [6, 6.07) is 5.18. The molecule has 0 bridgehead atoms. The molecule has 6 nitrogen and oxygen atoms in total. The fraction of sp³-hybridized carbons (Fsp3) is 0.231. The average Bonchev–Trinajstić information content (AvgIpc) is 2.93. The Labute approximate surface area is 131 Å². The van der Waals surface area contributed by atoms with Crippen LogP contribution >= 0.6 is 11.3 Å². The van der Waals surface area contributed by atoms with Gasteiger partial charge in [0.05, 0.1) is 27.0 Å². The lowest BCUT2D eigenvalue weighted by atomic mass is 10.2. The number of thiophene rings is 1. The van der Waals surface area contributed by atoms with Gasteiger partial charge in [0.25, 0.3) is 10.0 Å². The fourth-order valence-corrected chi connectivity index (χ4v) is 3.83. The third kappa shape index (κ3) is 3.25. The molecule has 2 rings (SSSR count). The van der Waals surface area contributed by atoms with E-state index in [2.05, 4.69) is 4.72 Å². The van der Waals surface area contributed by atoms with E-state index in [4.69, 9.17) is 14.2 Å². The summed E-state index contributed by atoms with van der Waals surface area (Å²) in [6.07, 6.45) is 0. The lowest BCUT2D eigenvalue weighted by Crippen LogP contribution is -2.11. The molecule has 1 N–H and O–H groups in total. The van der Waals surface area contributed by atoms with Gasteiger partial charge in [0.1, 0.15) is 4.21 Å². The number of hydrogen-bond acceptors (Lipinski definition) is 6. The van der Waals surface area contributed by atoms with Gasteiger partial charge in [0.15, 0.2) is 16.6 Å². The topological polar surface area (TPSA) is 73.9 Å². The van der Waals surface area contributed by atoms with Crippen LogP contribution in [0.5, 0.6) is 17.2 Å². The number of hydrogen-bond donors (Lipinski definition) is 1. The number of nitrogens with one attached hydrogen (secondary N) is 1. The number of ether oxygens (including phenoxy) is 3. The van der Waals surface area contributed by atoms with Gasteiger partial charge in [-0.2, -0.15) is 4.39 Å². The molecule has 22 heavy (non-hydrogen) atoms. The number of halogens is 1. The fourth-order valence-electron chi connectivity index (χ4n) is 1.79. The predicted molar refractivity (Wildman–Crippen MR) is 81.2 cm³/mol. The molecule has 0 atom stereocenters. The van der Waals surface area contributed by atoms with Gasteiger partial charge in [-0.05, 0) is 12.1 Å². The summed E-state index contributed by atoms with van der Waals surface area (Å²) in [7, 11) is 0.399. The molecule has 0 radical (unpaired) electrons. The van der Waals surface area contributed by atoms with E-state index >= 15 is 0 Å². The van der Waals surface area contributed by atoms with Gasteiger partial charge in [0, 0.05) is 12.1 Å². The first-order chi connectivity index (χ1) is 10.4. The third-order valence-electron chi connectivity index (χ3n) is 2.73. The number of anilines is 1. The van der Waals surface area contributed by atoms with Crippen LogP contribution in [0.2, 0.25) is 0 Å². The summed E-state index contributed by atoms with van der Waals surface area (Å²) in [5, 5.41) is -0.578. The van der Waals surface area contributed by atoms with Crippen LogP contribution in [0.3, 0.4) is 0 Å². The van der Waals surface area contributed by atoms with Gasteiger partial charge in [-0.15, -0.1) is 0 Å². The second-order valence-corrected chi connectivity index (χ2v) is 7.02. The van der Waals surface area contributed by atoms with Crippen molar-refractivity contribution in [2.75, 3.05) is 26.1 Å². The van der Waals surface area contributed by atoms with Crippen molar-refractivity contribution < 1.29 is 27.0 Å². The van der Waals surface area contributed by atoms with Gasteiger partial charge in [-0.1, -0.05) is 11.3 Å². The minimum absolute atomic E-state index is 0.126. The van der Waals surface area contributed by atoms with Crippen molar-refractivity contribution in [2.24, 2.45) is 0 Å². The van der Waals surface area contributed by atoms with Crippen molar-refractivity contribution in [1.82, 2.24) is 0 Å². The second kappa shape index (κ2) is 6.41. The van der Waals surface area contributed by atoms with Crippen LogP contribution in [0, 0.1) is 5.13 Å². The molecular weight excluding hydrogens is 333 g/mol. The van der Waals surface area contributed by atoms with Crippen LogP contribution in [0.15, 0.2) is 28.5 Å². The lowest BCUT2D eigenvalue weighted by Gasteiger charge is -2.14. The maximum absolute atomic E-state index is 13.0. The van der Waals surface area contributed by atoms with Crippen LogP contribution < -0.4 is 18.9 Å². The first-order valence-corrected chi connectivity index (χ1v) is 8.29. The van der Waals surface area contributed by atoms with Gasteiger partial charge in [-0.3, -0.25) is 4.72 Å². The van der Waals surface area contributed by atoms with Crippen molar-refractivity contribution in [1.29, 1.82) is 0 Å². The van der Waals surface area contributed by atoms with E-state index < -0.39 is 15.2 Å². The monoisotopic (exact) mass is 347 g/mol. The van der Waals surface area contributed by atoms with Crippen LogP contribution in [-0.2, 0) is 10.0 Å². The second-order valence-electron chi connectivity index (χ2n) is 4.08. The molecule has 0 spiro atoms. The Morgan fingerprint density at radius 2 is 1.64 bits per heavy atom. The van der Waals surface area contributed by atoms with Crippen LogP contribution in [0.1, 0.15) is 0 Å². The van der Waals surface area contributed by atoms with Crippen molar-refractivity contribution in [3.8, 4) is 17.2 Å². The molecule has 2 aromatic rings. The van der Waals surface area contributed by atoms with Crippen molar-refractivity contribution in [3.05, 3.63) is 29.4 Å². The van der Waals surface area contributed by atoms with E-state index in [9.17, 15) is 12.8 Å². The Balaban J connectivity index is 2.41. The van der Waals surface area contributed by atoms with Gasteiger partial charge < -0.3 is 14.2 Å². The highest BCUT2D eigenvalue weighted by atomic mass is 32.2. The molecule has 0 unspecified atom stereocenters. The third-order valence-corrected chi connectivity index (χ3v) is 5.48. The summed E-state index contributed by atoms with van der Waals surface area (Å²) in [5.74, 6) is 0.948. The van der Waals surface area contributed by atoms with Crippen LogP contribution in [0.4, 0.5) is 10.1 Å². The Bertz CT molecular complexity index is 747. The molecule has 0 aliphatic heterocycles. The largest absolute Gasteiger partial charge is 0.493 e. The molecule has 1 aromatic heterocycles. The number of rotatable bonds is 6. The Morgan fingerprint density at radius 3 is 2.05 bits per heavy atom. The highest BCUT2D eigenvalue weighted by Crippen LogP contribution is 2.40. The smallest absolute Gasteiger partial charge is 0.271 e. The molecule has 0 saturated carbocycles. The molecule has 0 fully saturated rings. The van der Waals surface area contributed by atoms with E-state index in [1.54, 1.807) is 0 Å². The molecule has 0 amide bonds. The van der Waals surface area contributed by atoms with Crippen LogP contribution in [-0.4, -0.2) is 29.7 Å². The lowest BCUT2D eigenvalue weighted by molar-refractivity contribution is 0.325. The van der Waals surface area contributed by atoms with Crippen molar-refractivity contribution >= 4 is 27.0 Å². The number of methoxy groups -OCH3 is 3. The van der Waals surface area contributed by atoms with Crippen molar-refractivity contribution in [2.45, 2.75) is 4.21 Å². The highest BCUT2D eigenvalue weighted by Gasteiger charge is 2.20. The molecule has 1 aromatic carbocycles. The van der Waals surface area contributed by atoms with Crippen LogP contribution in [0.25, 0.3) is 0 Å². The standard InChI is InChI=1S/C13H14FNO5S2/c1-18-9-6-8(7-10(19-2)13(9)20-3)15-22(16,17)12-5-4-11(14)21-12/h4-7,15H,1-3H3. The minimum atomic E-state index is -3.89. The first-order valence-electron chi connectivity index (χ1n) is 5.99. The highest BCUT2D eigenvalue weighted by molar-refractivity contribution is 7.94. The Morgan fingerprint density at radius 1 is 1.05 bits per heavy atom. The molecule has 120 valence electrons. The SMILES string of the molecule is COc1cc(NS(=O)(=O)c2ccc(F)s2)cc(OC)c1OC. The average molecular weight is 347 g/mol. The molecule has 9 heteroatoms. The van der Waals surface area contributed by atoms with E-state index in [0.29, 0.717) is 28.6 Å². The van der Waals surface area contributed by atoms with E-state index in [-0.39, 0.29) is 9.90 Å². The molecule has 0 aliphatic rings. The quantitative estimate of drug-likeness (QED) is 0.870. The maximum atomic E-state index is 13.0. The van der Waals surface area contributed by atoms with E-state index in [1.807, 2.05) is 0 Å². The number of sulfonamides is 1. The zero-order valence-corrected chi connectivity index (χ0v) is 13.7. The van der Waals surface area contributed by atoms with Gasteiger partial charge in [-0.25, -0.2) is 8.42 Å². The maximum Gasteiger partial charge on any atom is 0.271 e. The summed E-state index contributed by atoms with van der Waals surface area (Å²) >= 11 is 0.537. The Kier molecular flexibility index (Phi) is 4.77. The van der Waals surface area contributed by atoms with E-state index in [1.165, 1.54) is 39.5 Å². The minimum Gasteiger partial charge on any atom is -0.493 e. The van der Waals surface area contributed by atoms with Gasteiger partial charge >= 0.3 is 0 Å². The predicted octanol–water partition coefficient (Wildman–Crippen LogP) is 2.71. The summed E-state index contributed by atoms with van der Waals surface area (Å²) in [4.78, 5) is 0. The Hall–Kier alpha value is -2.00. The molecule has 1 heterocycles. The molecule has 0 saturated heterocycles. The molecule has 0 aliphatic carbocycles. The summed E-state index contributed by atoms with van der Waals surface area (Å²) in [5.41, 5.74) is 0.211. The normalized spacial score (nSPS) is 11.1. The zero-order valence-electron chi connectivity index (χ0n) is 12.0. The summed E-state index contributed by atoms with van der Waals surface area (Å²) in [6.45, 7) is 0. The molecular formula is C13H14FNO5S2. The van der Waals surface area contributed by atoms with Crippen molar-refractivity contribution in [3.63, 3.8) is 0 Å². The number of benzene rings is 1. The van der Waals surface area contributed by atoms with E-state index in [0.717, 1.165) is 6.07 Å².